The van der Waals surface area contributed by atoms with E-state index in [1.807, 2.05) is 0 Å². The molecule has 0 spiro atoms. The summed E-state index contributed by atoms with van der Waals surface area (Å²) in [5.74, 6) is -0.0230. The van der Waals surface area contributed by atoms with Gasteiger partial charge in [-0.25, -0.2) is 0 Å². The molecule has 116 valence electrons. The van der Waals surface area contributed by atoms with Crippen LogP contribution < -0.4 is 10.2 Å². The van der Waals surface area contributed by atoms with Crippen molar-refractivity contribution < 1.29 is 14.6 Å². The average molecular weight is 294 g/mol. The molecule has 0 atom stereocenters. The van der Waals surface area contributed by atoms with Crippen LogP contribution in [0.3, 0.4) is 0 Å². The molecule has 21 heavy (non-hydrogen) atoms. The number of aromatic nitrogens is 1. The molecule has 2 rings (SSSR count). The number of aromatic amines is 1. The van der Waals surface area contributed by atoms with E-state index in [1.165, 1.54) is 18.7 Å². The fourth-order valence-corrected chi connectivity index (χ4v) is 2.62. The third kappa shape index (κ3) is 4.07. The topological polar surface area (TPSA) is 82.6 Å². The van der Waals surface area contributed by atoms with Crippen molar-refractivity contribution >= 4 is 5.91 Å². The molecular formula is C15H22N2O4. The van der Waals surface area contributed by atoms with E-state index >= 15 is 0 Å². The second kappa shape index (κ2) is 7.26. The summed E-state index contributed by atoms with van der Waals surface area (Å²) in [6.07, 6.45) is 7.00. The lowest BCUT2D eigenvalue weighted by atomic mass is 9.94. The molecule has 1 amide bonds. The van der Waals surface area contributed by atoms with Gasteiger partial charge in [0.1, 0.15) is 0 Å². The van der Waals surface area contributed by atoms with E-state index in [4.69, 9.17) is 9.84 Å². The molecule has 1 aromatic heterocycles. The zero-order chi connectivity index (χ0) is 15.2. The molecule has 6 heteroatoms. The predicted molar refractivity (Wildman–Crippen MR) is 78.1 cm³/mol. The Morgan fingerprint density at radius 3 is 2.76 bits per heavy atom. The second-order valence-electron chi connectivity index (χ2n) is 5.43. The number of hydrogen-bond donors (Lipinski definition) is 2. The van der Waals surface area contributed by atoms with Gasteiger partial charge in [-0.1, -0.05) is 19.3 Å². The Hall–Kier alpha value is -1.82. The maximum Gasteiger partial charge on any atom is 0.260 e. The lowest BCUT2D eigenvalue weighted by Crippen LogP contribution is -2.41. The second-order valence-corrected chi connectivity index (χ2v) is 5.43. The van der Waals surface area contributed by atoms with Crippen molar-refractivity contribution in [3.05, 3.63) is 28.2 Å². The molecule has 6 nitrogen and oxygen atoms in total. The van der Waals surface area contributed by atoms with Gasteiger partial charge in [0, 0.05) is 31.0 Å². The van der Waals surface area contributed by atoms with Crippen molar-refractivity contribution in [1.29, 1.82) is 0 Å². The number of ether oxygens (including phenoxy) is 1. The van der Waals surface area contributed by atoms with Crippen LogP contribution in [0.1, 0.15) is 37.8 Å². The smallest absolute Gasteiger partial charge is 0.260 e. The van der Waals surface area contributed by atoms with Crippen LogP contribution >= 0.6 is 0 Å². The first kappa shape index (κ1) is 15.6. The summed E-state index contributed by atoms with van der Waals surface area (Å²) in [6.45, 7) is -0.382. The lowest BCUT2D eigenvalue weighted by Gasteiger charge is -2.31. The number of carbonyl (C=O) groups is 1. The molecule has 2 N–H and O–H groups in total. The van der Waals surface area contributed by atoms with Crippen molar-refractivity contribution in [2.45, 2.75) is 44.8 Å². The normalized spacial score (nSPS) is 15.7. The quantitative estimate of drug-likeness (QED) is 0.850. The molecule has 0 aromatic carbocycles. The highest BCUT2D eigenvalue weighted by Gasteiger charge is 2.22. The number of aliphatic hydroxyl groups excluding tert-OH is 1. The van der Waals surface area contributed by atoms with Gasteiger partial charge in [-0.3, -0.25) is 9.59 Å². The van der Waals surface area contributed by atoms with E-state index in [0.717, 1.165) is 25.7 Å². The Morgan fingerprint density at radius 1 is 1.43 bits per heavy atom. The average Bonchev–Trinajstić information content (AvgIpc) is 2.53. The maximum absolute atomic E-state index is 12.1. The number of nitrogens with one attached hydrogen (secondary N) is 1. The van der Waals surface area contributed by atoms with Gasteiger partial charge >= 0.3 is 0 Å². The number of aliphatic hydroxyl groups is 1. The standard InChI is InChI=1S/C15H22N2O4/c1-17(12-5-3-2-4-6-12)15(20)10-21-14-8-16-11(9-18)7-13(14)19/h7-8,12,18H,2-6,9-10H2,1H3,(H,16,19). The first-order chi connectivity index (χ1) is 10.1. The molecule has 1 aromatic rings. The predicted octanol–water partition coefficient (Wildman–Crippen LogP) is 1.04. The van der Waals surface area contributed by atoms with E-state index in [0.29, 0.717) is 5.69 Å². The highest BCUT2D eigenvalue weighted by Crippen LogP contribution is 2.21. The van der Waals surface area contributed by atoms with Crippen LogP contribution in [0.25, 0.3) is 0 Å². The number of likely N-dealkylation sites (N-methyl/N-ethyl adjacent to an activating group) is 1. The molecule has 1 fully saturated rings. The molecule has 0 saturated heterocycles. The van der Waals surface area contributed by atoms with E-state index in [-0.39, 0.29) is 36.3 Å². The number of carbonyl (C=O) groups excluding carboxylic acids is 1. The number of H-pyrrole nitrogens is 1. The molecule has 0 aliphatic heterocycles. The van der Waals surface area contributed by atoms with E-state index < -0.39 is 0 Å². The molecule has 0 unspecified atom stereocenters. The SMILES string of the molecule is CN(C(=O)COc1c[nH]c(CO)cc1=O)C1CCCCC1. The van der Waals surface area contributed by atoms with Crippen molar-refractivity contribution in [1.82, 2.24) is 9.88 Å². The van der Waals surface area contributed by atoms with E-state index in [1.54, 1.807) is 11.9 Å². The first-order valence-corrected chi connectivity index (χ1v) is 7.32. The molecule has 1 saturated carbocycles. The van der Waals surface area contributed by atoms with Gasteiger partial charge in [0.05, 0.1) is 6.61 Å². The Kier molecular flexibility index (Phi) is 5.38. The van der Waals surface area contributed by atoms with Crippen molar-refractivity contribution in [3.63, 3.8) is 0 Å². The largest absolute Gasteiger partial charge is 0.478 e. The molecule has 0 bridgehead atoms. The number of pyridine rings is 1. The van der Waals surface area contributed by atoms with Gasteiger partial charge in [0.25, 0.3) is 5.91 Å². The number of hydrogen-bond acceptors (Lipinski definition) is 4. The highest BCUT2D eigenvalue weighted by molar-refractivity contribution is 5.77. The third-order valence-electron chi connectivity index (χ3n) is 3.97. The summed E-state index contributed by atoms with van der Waals surface area (Å²) in [4.78, 5) is 28.3. The molecule has 1 heterocycles. The molecule has 1 aliphatic carbocycles. The Bertz CT molecular complexity index is 535. The van der Waals surface area contributed by atoms with Gasteiger partial charge in [-0.15, -0.1) is 0 Å². The van der Waals surface area contributed by atoms with Crippen LogP contribution in [-0.2, 0) is 11.4 Å². The van der Waals surface area contributed by atoms with Crippen LogP contribution in [0.2, 0.25) is 0 Å². The van der Waals surface area contributed by atoms with Crippen molar-refractivity contribution in [3.8, 4) is 5.75 Å². The minimum atomic E-state index is -0.342. The van der Waals surface area contributed by atoms with Gasteiger partial charge in [0.2, 0.25) is 5.43 Å². The van der Waals surface area contributed by atoms with Crippen LogP contribution in [0.4, 0.5) is 0 Å². The Balaban J connectivity index is 1.89. The fourth-order valence-electron chi connectivity index (χ4n) is 2.62. The van der Waals surface area contributed by atoms with Crippen LogP contribution in [-0.4, -0.2) is 40.6 Å². The molecule has 0 radical (unpaired) electrons. The van der Waals surface area contributed by atoms with E-state index in [9.17, 15) is 9.59 Å². The van der Waals surface area contributed by atoms with Gasteiger partial charge in [-0.05, 0) is 12.8 Å². The molecule has 1 aliphatic rings. The number of amides is 1. The van der Waals surface area contributed by atoms with Crippen LogP contribution in [0.15, 0.2) is 17.1 Å². The third-order valence-corrected chi connectivity index (χ3v) is 3.97. The fraction of sp³-hybridized carbons (Fsp3) is 0.600. The van der Waals surface area contributed by atoms with Gasteiger partial charge in [-0.2, -0.15) is 0 Å². The summed E-state index contributed by atoms with van der Waals surface area (Å²) >= 11 is 0. The lowest BCUT2D eigenvalue weighted by molar-refractivity contribution is -0.134. The number of rotatable bonds is 5. The van der Waals surface area contributed by atoms with E-state index in [2.05, 4.69) is 4.98 Å². The summed E-state index contributed by atoms with van der Waals surface area (Å²) in [5.41, 5.74) is 0.0731. The Morgan fingerprint density at radius 2 is 2.14 bits per heavy atom. The minimum absolute atomic E-state index is 0.0950. The minimum Gasteiger partial charge on any atom is -0.478 e. The van der Waals surface area contributed by atoms with Gasteiger partial charge < -0.3 is 19.7 Å². The Labute approximate surface area is 123 Å². The van der Waals surface area contributed by atoms with Crippen molar-refractivity contribution in [2.24, 2.45) is 0 Å². The van der Waals surface area contributed by atoms with Crippen LogP contribution in [0.5, 0.6) is 5.75 Å². The van der Waals surface area contributed by atoms with Crippen LogP contribution in [0, 0.1) is 0 Å². The summed E-state index contributed by atoms with van der Waals surface area (Å²) in [6, 6.07) is 1.55. The number of nitrogens with zero attached hydrogens (tertiary/aromatic N) is 1. The van der Waals surface area contributed by atoms with Crippen molar-refractivity contribution in [2.75, 3.05) is 13.7 Å². The van der Waals surface area contributed by atoms with Gasteiger partial charge in [0.15, 0.2) is 12.4 Å². The highest BCUT2D eigenvalue weighted by atomic mass is 16.5. The zero-order valence-corrected chi connectivity index (χ0v) is 12.3. The summed E-state index contributed by atoms with van der Waals surface area (Å²) in [5, 5.41) is 8.92. The molecular weight excluding hydrogens is 272 g/mol. The zero-order valence-electron chi connectivity index (χ0n) is 12.3. The summed E-state index contributed by atoms with van der Waals surface area (Å²) < 4.78 is 5.29. The first-order valence-electron chi connectivity index (χ1n) is 7.32. The summed E-state index contributed by atoms with van der Waals surface area (Å²) in [7, 11) is 1.79. The monoisotopic (exact) mass is 294 g/mol. The maximum atomic E-state index is 12.1.